The minimum atomic E-state index is -4.93. The lowest BCUT2D eigenvalue weighted by atomic mass is 10.2. The van der Waals surface area contributed by atoms with Crippen molar-refractivity contribution in [3.63, 3.8) is 0 Å². The molecule has 0 aromatic carbocycles. The lowest BCUT2D eigenvalue weighted by Crippen LogP contribution is -2.24. The van der Waals surface area contributed by atoms with Crippen molar-refractivity contribution in [1.82, 2.24) is 0 Å². The predicted molar refractivity (Wildman–Crippen MR) is 52.4 cm³/mol. The van der Waals surface area contributed by atoms with E-state index in [0.717, 1.165) is 0 Å². The Bertz CT molecular complexity index is 348. The van der Waals surface area contributed by atoms with E-state index in [4.69, 9.17) is 0 Å². The van der Waals surface area contributed by atoms with Gasteiger partial charge < -0.3 is 9.47 Å². The lowest BCUT2D eigenvalue weighted by Gasteiger charge is -2.12. The Labute approximate surface area is 105 Å². The zero-order valence-corrected chi connectivity index (χ0v) is 9.80. The Morgan fingerprint density at radius 2 is 1.68 bits per heavy atom. The summed E-state index contributed by atoms with van der Waals surface area (Å²) in [5.74, 6) is -3.06. The fourth-order valence-corrected chi connectivity index (χ4v) is 0.880. The van der Waals surface area contributed by atoms with Crippen LogP contribution in [-0.4, -0.2) is 37.8 Å². The topological polar surface area (TPSA) is 52.6 Å². The van der Waals surface area contributed by atoms with Gasteiger partial charge in [-0.15, -0.1) is 0 Å². The average Bonchev–Trinajstić information content (AvgIpc) is 2.26. The number of halogens is 5. The van der Waals surface area contributed by atoms with Crippen molar-refractivity contribution in [1.29, 1.82) is 0 Å². The van der Waals surface area contributed by atoms with Gasteiger partial charge in [-0.2, -0.15) is 13.2 Å². The third-order valence-electron chi connectivity index (χ3n) is 1.71. The maximum absolute atomic E-state index is 12.3. The van der Waals surface area contributed by atoms with E-state index < -0.39 is 43.1 Å². The highest BCUT2D eigenvalue weighted by atomic mass is 19.4. The molecule has 0 aromatic heterocycles. The first-order valence-corrected chi connectivity index (χ1v) is 5.06. The molecule has 0 radical (unpaired) electrons. The largest absolute Gasteiger partial charge is 0.458 e. The maximum Gasteiger partial charge on any atom is 0.417 e. The van der Waals surface area contributed by atoms with Crippen molar-refractivity contribution in [2.24, 2.45) is 0 Å². The Morgan fingerprint density at radius 1 is 1.16 bits per heavy atom. The van der Waals surface area contributed by atoms with Crippen LogP contribution in [0.1, 0.15) is 13.3 Å². The summed E-state index contributed by atoms with van der Waals surface area (Å²) in [6.07, 6.45) is -8.81. The number of rotatable bonds is 5. The molecule has 0 fully saturated rings. The summed E-state index contributed by atoms with van der Waals surface area (Å²) in [6, 6.07) is 0. The van der Waals surface area contributed by atoms with Crippen LogP contribution in [0.4, 0.5) is 22.0 Å². The third-order valence-corrected chi connectivity index (χ3v) is 1.71. The summed E-state index contributed by atoms with van der Waals surface area (Å²) in [6.45, 7) is -0.0932. The number of ether oxygens (including phenoxy) is 2. The van der Waals surface area contributed by atoms with Crippen LogP contribution < -0.4 is 0 Å². The molecule has 110 valence electrons. The van der Waals surface area contributed by atoms with Crippen LogP contribution in [0.15, 0.2) is 11.6 Å². The second kappa shape index (κ2) is 7.70. The van der Waals surface area contributed by atoms with Gasteiger partial charge in [0, 0.05) is 6.42 Å². The standard InChI is InChI=1S/C10H11F5O4/c1-2-18-8(16)9(17)19-5-6(10(13,14)15)3-4-7(11)12/h3,7H,2,4-5H2,1H3/b6-3-. The van der Waals surface area contributed by atoms with E-state index in [0.29, 0.717) is 0 Å². The highest BCUT2D eigenvalue weighted by Crippen LogP contribution is 2.26. The highest BCUT2D eigenvalue weighted by molar-refractivity contribution is 6.29. The molecule has 9 heteroatoms. The van der Waals surface area contributed by atoms with Gasteiger partial charge in [-0.3, -0.25) is 0 Å². The normalized spacial score (nSPS) is 12.5. The third kappa shape index (κ3) is 7.37. The van der Waals surface area contributed by atoms with Gasteiger partial charge >= 0.3 is 18.1 Å². The summed E-state index contributed by atoms with van der Waals surface area (Å²) in [7, 11) is 0. The van der Waals surface area contributed by atoms with Crippen molar-refractivity contribution < 1.29 is 41.0 Å². The molecule has 0 saturated heterocycles. The molecule has 0 amide bonds. The minimum absolute atomic E-state index is 0.152. The molecule has 4 nitrogen and oxygen atoms in total. The number of carbonyl (C=O) groups excluding carboxylic acids is 2. The highest BCUT2D eigenvalue weighted by Gasteiger charge is 2.35. The Kier molecular flexibility index (Phi) is 7.02. The molecule has 0 aliphatic carbocycles. The molecule has 0 atom stereocenters. The summed E-state index contributed by atoms with van der Waals surface area (Å²) in [5, 5.41) is 0. The van der Waals surface area contributed by atoms with Gasteiger partial charge in [0.1, 0.15) is 6.61 Å². The van der Waals surface area contributed by atoms with Crippen LogP contribution >= 0.6 is 0 Å². The van der Waals surface area contributed by atoms with E-state index in [1.165, 1.54) is 6.92 Å². The summed E-state index contributed by atoms with van der Waals surface area (Å²) >= 11 is 0. The smallest absolute Gasteiger partial charge is 0.417 e. The van der Waals surface area contributed by atoms with Gasteiger partial charge in [0.2, 0.25) is 6.43 Å². The lowest BCUT2D eigenvalue weighted by molar-refractivity contribution is -0.168. The summed E-state index contributed by atoms with van der Waals surface area (Å²) in [5.41, 5.74) is -1.47. The van der Waals surface area contributed by atoms with Crippen molar-refractivity contribution in [2.45, 2.75) is 25.9 Å². The van der Waals surface area contributed by atoms with E-state index in [1.54, 1.807) is 0 Å². The van der Waals surface area contributed by atoms with Crippen LogP contribution in [0.2, 0.25) is 0 Å². The second-order valence-corrected chi connectivity index (χ2v) is 3.15. The molecular formula is C10H11F5O4. The van der Waals surface area contributed by atoms with E-state index in [2.05, 4.69) is 9.47 Å². The molecular weight excluding hydrogens is 279 g/mol. The monoisotopic (exact) mass is 290 g/mol. The number of esters is 2. The van der Waals surface area contributed by atoms with Crippen molar-refractivity contribution >= 4 is 11.9 Å². The van der Waals surface area contributed by atoms with Gasteiger partial charge in [0.15, 0.2) is 0 Å². The maximum atomic E-state index is 12.3. The average molecular weight is 290 g/mol. The van der Waals surface area contributed by atoms with E-state index in [1.807, 2.05) is 0 Å². The number of hydrogen-bond donors (Lipinski definition) is 0. The fraction of sp³-hybridized carbons (Fsp3) is 0.600. The second-order valence-electron chi connectivity index (χ2n) is 3.15. The zero-order chi connectivity index (χ0) is 15.1. The molecule has 0 saturated carbocycles. The number of hydrogen-bond acceptors (Lipinski definition) is 4. The first-order chi connectivity index (χ1) is 8.68. The molecule has 19 heavy (non-hydrogen) atoms. The van der Waals surface area contributed by atoms with E-state index in [-0.39, 0.29) is 12.7 Å². The van der Waals surface area contributed by atoms with Crippen molar-refractivity contribution in [3.8, 4) is 0 Å². The molecule has 0 unspecified atom stereocenters. The van der Waals surface area contributed by atoms with Crippen LogP contribution in [0.5, 0.6) is 0 Å². The molecule has 0 N–H and O–H groups in total. The minimum Gasteiger partial charge on any atom is -0.458 e. The molecule has 0 heterocycles. The van der Waals surface area contributed by atoms with Crippen molar-refractivity contribution in [3.05, 3.63) is 11.6 Å². The Morgan fingerprint density at radius 3 is 2.11 bits per heavy atom. The van der Waals surface area contributed by atoms with Gasteiger partial charge in [0.25, 0.3) is 0 Å². The van der Waals surface area contributed by atoms with Crippen LogP contribution in [0.3, 0.4) is 0 Å². The van der Waals surface area contributed by atoms with Gasteiger partial charge in [-0.1, -0.05) is 6.08 Å². The first kappa shape index (κ1) is 17.3. The summed E-state index contributed by atoms with van der Waals surface area (Å²) in [4.78, 5) is 21.6. The van der Waals surface area contributed by atoms with Gasteiger partial charge in [-0.25, -0.2) is 18.4 Å². The molecule has 0 bridgehead atoms. The predicted octanol–water partition coefficient (Wildman–Crippen LogP) is 2.24. The Hall–Kier alpha value is -1.67. The number of carbonyl (C=O) groups is 2. The van der Waals surface area contributed by atoms with E-state index >= 15 is 0 Å². The molecule has 0 spiro atoms. The quantitative estimate of drug-likeness (QED) is 0.337. The number of alkyl halides is 5. The van der Waals surface area contributed by atoms with Gasteiger partial charge in [-0.05, 0) is 6.92 Å². The number of allylic oxidation sites excluding steroid dienone is 1. The van der Waals surface area contributed by atoms with Crippen LogP contribution in [0.25, 0.3) is 0 Å². The van der Waals surface area contributed by atoms with Gasteiger partial charge in [0.05, 0.1) is 12.2 Å². The fourth-order valence-electron chi connectivity index (χ4n) is 0.880. The summed E-state index contributed by atoms with van der Waals surface area (Å²) < 4.78 is 68.9. The molecule has 0 aliphatic heterocycles. The first-order valence-electron chi connectivity index (χ1n) is 5.06. The zero-order valence-electron chi connectivity index (χ0n) is 9.80. The van der Waals surface area contributed by atoms with Crippen LogP contribution in [0, 0.1) is 0 Å². The van der Waals surface area contributed by atoms with Crippen LogP contribution in [-0.2, 0) is 19.1 Å². The van der Waals surface area contributed by atoms with E-state index in [9.17, 15) is 31.5 Å². The molecule has 0 aromatic rings. The van der Waals surface area contributed by atoms with Crippen molar-refractivity contribution in [2.75, 3.05) is 13.2 Å². The SMILES string of the molecule is CCOC(=O)C(=O)OC/C(=C/CC(F)F)C(F)(F)F. The Balaban J connectivity index is 4.56. The molecule has 0 aliphatic rings. The molecule has 0 rings (SSSR count).